The fraction of sp³-hybridized carbons (Fsp3) is 0.167. The smallest absolute Gasteiger partial charge is 0.270 e. The maximum atomic E-state index is 12.7. The van der Waals surface area contributed by atoms with Gasteiger partial charge in [0.1, 0.15) is 5.69 Å². The summed E-state index contributed by atoms with van der Waals surface area (Å²) in [6, 6.07) is 18.4. The van der Waals surface area contributed by atoms with E-state index in [0.717, 1.165) is 29.9 Å². The molecule has 2 heterocycles. The van der Waals surface area contributed by atoms with Crippen LogP contribution in [0.25, 0.3) is 16.6 Å². The maximum Gasteiger partial charge on any atom is 0.270 e. The van der Waals surface area contributed by atoms with Crippen LogP contribution in [0.1, 0.15) is 16.1 Å². The van der Waals surface area contributed by atoms with Gasteiger partial charge in [0.25, 0.3) is 5.91 Å². The van der Waals surface area contributed by atoms with Gasteiger partial charge in [-0.15, -0.1) is 0 Å². The van der Waals surface area contributed by atoms with E-state index in [1.807, 2.05) is 37.4 Å². The monoisotopic (exact) mass is 276 g/mol. The molecule has 21 heavy (non-hydrogen) atoms. The van der Waals surface area contributed by atoms with E-state index in [0.29, 0.717) is 0 Å². The average Bonchev–Trinajstić information content (AvgIpc) is 2.87. The summed E-state index contributed by atoms with van der Waals surface area (Å²) < 4.78 is 2.10. The van der Waals surface area contributed by atoms with Crippen LogP contribution >= 0.6 is 0 Å². The number of likely N-dealkylation sites (N-methyl/N-ethyl adjacent to an activating group) is 1. The van der Waals surface area contributed by atoms with Crippen LogP contribution in [-0.4, -0.2) is 29.0 Å². The normalized spacial score (nSPS) is 14.5. The molecule has 1 aliphatic rings. The van der Waals surface area contributed by atoms with Gasteiger partial charge in [-0.25, -0.2) is 0 Å². The zero-order chi connectivity index (χ0) is 14.4. The van der Waals surface area contributed by atoms with Crippen LogP contribution in [0.4, 0.5) is 0 Å². The Morgan fingerprint density at radius 3 is 2.48 bits per heavy atom. The molecule has 1 aliphatic heterocycles. The highest BCUT2D eigenvalue weighted by atomic mass is 16.2. The van der Waals surface area contributed by atoms with Crippen LogP contribution in [0.3, 0.4) is 0 Å². The highest BCUT2D eigenvalue weighted by molar-refractivity contribution is 6.03. The van der Waals surface area contributed by atoms with Gasteiger partial charge in [0.15, 0.2) is 0 Å². The summed E-state index contributed by atoms with van der Waals surface area (Å²) in [6.07, 6.45) is 0.915. The largest absolute Gasteiger partial charge is 0.340 e. The molecule has 0 saturated carbocycles. The number of para-hydroxylation sites is 2. The third-order valence-corrected chi connectivity index (χ3v) is 4.24. The lowest BCUT2D eigenvalue weighted by atomic mass is 10.0. The van der Waals surface area contributed by atoms with E-state index in [-0.39, 0.29) is 5.91 Å². The summed E-state index contributed by atoms with van der Waals surface area (Å²) in [5.74, 6) is 0.108. The molecule has 4 rings (SSSR count). The molecule has 0 aliphatic carbocycles. The van der Waals surface area contributed by atoms with E-state index in [1.165, 1.54) is 10.9 Å². The molecule has 0 unspecified atom stereocenters. The minimum absolute atomic E-state index is 0.108. The highest BCUT2D eigenvalue weighted by Gasteiger charge is 2.29. The predicted octanol–water partition coefficient (Wildman–Crippen LogP) is 3.26. The van der Waals surface area contributed by atoms with Crippen LogP contribution in [-0.2, 0) is 6.42 Å². The molecule has 3 nitrogen and oxygen atoms in total. The SMILES string of the molecule is CN1CCc2c(n(-c3ccccc3)c3ccccc23)C1=O. The van der Waals surface area contributed by atoms with Crippen molar-refractivity contribution in [1.82, 2.24) is 9.47 Å². The standard InChI is InChI=1S/C18H16N2O/c1-19-12-11-15-14-9-5-6-10-16(14)20(17(15)18(19)21)13-7-3-2-4-8-13/h2-10H,11-12H2,1H3. The molecule has 3 aromatic rings. The Labute approximate surface area is 123 Å². The van der Waals surface area contributed by atoms with Gasteiger partial charge in [-0.2, -0.15) is 0 Å². The van der Waals surface area contributed by atoms with Gasteiger partial charge in [0.2, 0.25) is 0 Å². The first kappa shape index (κ1) is 12.2. The zero-order valence-electron chi connectivity index (χ0n) is 11.9. The quantitative estimate of drug-likeness (QED) is 0.669. The summed E-state index contributed by atoms with van der Waals surface area (Å²) in [7, 11) is 1.87. The highest BCUT2D eigenvalue weighted by Crippen LogP contribution is 2.32. The predicted molar refractivity (Wildman–Crippen MR) is 83.9 cm³/mol. The molecule has 0 fully saturated rings. The average molecular weight is 276 g/mol. The first-order chi connectivity index (χ1) is 10.3. The molecule has 1 aromatic heterocycles. The molecule has 104 valence electrons. The molecule has 0 N–H and O–H groups in total. The van der Waals surface area contributed by atoms with E-state index < -0.39 is 0 Å². The van der Waals surface area contributed by atoms with Crippen LogP contribution < -0.4 is 0 Å². The van der Waals surface area contributed by atoms with Crippen molar-refractivity contribution < 1.29 is 4.79 Å². The Morgan fingerprint density at radius 2 is 1.67 bits per heavy atom. The number of carbonyl (C=O) groups is 1. The number of hydrogen-bond acceptors (Lipinski definition) is 1. The van der Waals surface area contributed by atoms with Crippen LogP contribution in [0.2, 0.25) is 0 Å². The van der Waals surface area contributed by atoms with Crippen molar-refractivity contribution in [3.63, 3.8) is 0 Å². The van der Waals surface area contributed by atoms with Crippen molar-refractivity contribution in [3.8, 4) is 5.69 Å². The number of aromatic nitrogens is 1. The number of benzene rings is 2. The van der Waals surface area contributed by atoms with E-state index in [4.69, 9.17) is 0 Å². The molecule has 2 aromatic carbocycles. The minimum atomic E-state index is 0.108. The van der Waals surface area contributed by atoms with Crippen LogP contribution in [0.5, 0.6) is 0 Å². The number of hydrogen-bond donors (Lipinski definition) is 0. The second-order valence-corrected chi connectivity index (χ2v) is 5.49. The summed E-state index contributed by atoms with van der Waals surface area (Å²) in [6.45, 7) is 0.786. The van der Waals surface area contributed by atoms with E-state index in [9.17, 15) is 4.79 Å². The fourth-order valence-corrected chi connectivity index (χ4v) is 3.19. The summed E-state index contributed by atoms with van der Waals surface area (Å²) >= 11 is 0. The molecule has 3 heteroatoms. The van der Waals surface area contributed by atoms with Crippen LogP contribution in [0.15, 0.2) is 54.6 Å². The van der Waals surface area contributed by atoms with Gasteiger partial charge >= 0.3 is 0 Å². The molecule has 0 saturated heterocycles. The van der Waals surface area contributed by atoms with Crippen molar-refractivity contribution in [2.24, 2.45) is 0 Å². The lowest BCUT2D eigenvalue weighted by molar-refractivity contribution is 0.0773. The lowest BCUT2D eigenvalue weighted by Crippen LogP contribution is -2.35. The Morgan fingerprint density at radius 1 is 0.952 bits per heavy atom. The Balaban J connectivity index is 2.12. The molecule has 1 amide bonds. The minimum Gasteiger partial charge on any atom is -0.340 e. The third-order valence-electron chi connectivity index (χ3n) is 4.24. The van der Waals surface area contributed by atoms with Gasteiger partial charge in [-0.05, 0) is 30.2 Å². The van der Waals surface area contributed by atoms with Gasteiger partial charge in [-0.3, -0.25) is 4.79 Å². The number of fused-ring (bicyclic) bond motifs is 3. The Bertz CT molecular complexity index is 833. The van der Waals surface area contributed by atoms with Crippen LogP contribution in [0, 0.1) is 0 Å². The van der Waals surface area contributed by atoms with Gasteiger partial charge in [0.05, 0.1) is 5.52 Å². The second-order valence-electron chi connectivity index (χ2n) is 5.49. The van der Waals surface area contributed by atoms with Gasteiger partial charge in [0, 0.05) is 24.7 Å². The number of carbonyl (C=O) groups excluding carboxylic acids is 1. The molecular formula is C18H16N2O. The first-order valence-corrected chi connectivity index (χ1v) is 7.20. The first-order valence-electron chi connectivity index (χ1n) is 7.20. The third kappa shape index (κ3) is 1.70. The lowest BCUT2D eigenvalue weighted by Gasteiger charge is -2.24. The fourth-order valence-electron chi connectivity index (χ4n) is 3.19. The number of rotatable bonds is 1. The topological polar surface area (TPSA) is 25.2 Å². The van der Waals surface area contributed by atoms with Gasteiger partial charge in [-0.1, -0.05) is 36.4 Å². The van der Waals surface area contributed by atoms with Crippen molar-refractivity contribution in [2.45, 2.75) is 6.42 Å². The van der Waals surface area contributed by atoms with Crippen molar-refractivity contribution in [2.75, 3.05) is 13.6 Å². The maximum absolute atomic E-state index is 12.7. The molecule has 0 bridgehead atoms. The van der Waals surface area contributed by atoms with Crippen molar-refractivity contribution in [3.05, 3.63) is 65.9 Å². The second kappa shape index (κ2) is 4.48. The summed E-state index contributed by atoms with van der Waals surface area (Å²) in [5.41, 5.74) is 4.14. The molecule has 0 spiro atoms. The Hall–Kier alpha value is -2.55. The van der Waals surface area contributed by atoms with E-state index in [2.05, 4.69) is 28.8 Å². The Kier molecular flexibility index (Phi) is 2.61. The molecule has 0 radical (unpaired) electrons. The molecular weight excluding hydrogens is 260 g/mol. The summed E-state index contributed by atoms with van der Waals surface area (Å²) in [4.78, 5) is 14.5. The zero-order valence-corrected chi connectivity index (χ0v) is 11.9. The van der Waals surface area contributed by atoms with Gasteiger partial charge < -0.3 is 9.47 Å². The molecule has 0 atom stereocenters. The van der Waals surface area contributed by atoms with E-state index in [1.54, 1.807) is 4.90 Å². The number of amides is 1. The summed E-state index contributed by atoms with van der Waals surface area (Å²) in [5, 5.41) is 1.19. The number of nitrogens with zero attached hydrogens (tertiary/aromatic N) is 2. The van der Waals surface area contributed by atoms with Crippen molar-refractivity contribution >= 4 is 16.8 Å². The van der Waals surface area contributed by atoms with Crippen molar-refractivity contribution in [1.29, 1.82) is 0 Å². The van der Waals surface area contributed by atoms with E-state index >= 15 is 0 Å².